The molecule has 0 spiro atoms. The van der Waals surface area contributed by atoms with Gasteiger partial charge in [0.05, 0.1) is 10.7 Å². The summed E-state index contributed by atoms with van der Waals surface area (Å²) in [5.74, 6) is -1.57. The number of nitrogens with zero attached hydrogens (tertiary/aromatic N) is 1. The first-order valence-electron chi connectivity index (χ1n) is 7.13. The van der Waals surface area contributed by atoms with Crippen molar-refractivity contribution in [3.05, 3.63) is 51.0 Å². The second kappa shape index (κ2) is 7.09. The first-order chi connectivity index (χ1) is 10.0. The lowest BCUT2D eigenvalue weighted by molar-refractivity contribution is 0.459. The highest BCUT2D eigenvalue weighted by Crippen LogP contribution is 2.26. The fourth-order valence-electron chi connectivity index (χ4n) is 2.20. The van der Waals surface area contributed by atoms with Crippen LogP contribution in [0.4, 0.5) is 8.78 Å². The predicted octanol–water partition coefficient (Wildman–Crippen LogP) is 4.32. The highest BCUT2D eigenvalue weighted by Gasteiger charge is 2.19. The van der Waals surface area contributed by atoms with Crippen LogP contribution < -0.4 is 5.32 Å². The van der Waals surface area contributed by atoms with Crippen LogP contribution in [0.2, 0.25) is 0 Å². The molecule has 0 radical (unpaired) electrons. The minimum absolute atomic E-state index is 0.259. The molecule has 114 valence electrons. The average molecular weight is 310 g/mol. The number of thiazole rings is 1. The van der Waals surface area contributed by atoms with Crippen molar-refractivity contribution in [2.24, 2.45) is 0 Å². The molecule has 21 heavy (non-hydrogen) atoms. The maximum Gasteiger partial charge on any atom is 0.163 e. The Hall–Kier alpha value is -1.33. The van der Waals surface area contributed by atoms with Gasteiger partial charge in [-0.1, -0.05) is 19.1 Å². The van der Waals surface area contributed by atoms with Crippen LogP contribution in [0.5, 0.6) is 0 Å². The quantitative estimate of drug-likeness (QED) is 0.859. The Morgan fingerprint density at radius 2 is 2.05 bits per heavy atom. The summed E-state index contributed by atoms with van der Waals surface area (Å²) in [4.78, 5) is 5.66. The lowest BCUT2D eigenvalue weighted by Gasteiger charge is -2.18. The van der Waals surface area contributed by atoms with E-state index < -0.39 is 11.6 Å². The van der Waals surface area contributed by atoms with E-state index in [1.165, 1.54) is 4.88 Å². The third-order valence-electron chi connectivity index (χ3n) is 3.45. The van der Waals surface area contributed by atoms with Gasteiger partial charge in [-0.15, -0.1) is 11.3 Å². The first-order valence-corrected chi connectivity index (χ1v) is 7.94. The molecule has 1 heterocycles. The monoisotopic (exact) mass is 310 g/mol. The number of nitrogens with one attached hydrogen (secondary N) is 1. The maximum absolute atomic E-state index is 14.0. The fraction of sp³-hybridized carbons (Fsp3) is 0.438. The highest BCUT2D eigenvalue weighted by atomic mass is 32.1. The lowest BCUT2D eigenvalue weighted by Crippen LogP contribution is -2.25. The van der Waals surface area contributed by atoms with Gasteiger partial charge in [-0.05, 0) is 32.9 Å². The maximum atomic E-state index is 14.0. The van der Waals surface area contributed by atoms with Crippen LogP contribution in [0.15, 0.2) is 18.2 Å². The van der Waals surface area contributed by atoms with E-state index in [0.29, 0.717) is 12.0 Å². The Balaban J connectivity index is 2.27. The normalized spacial score (nSPS) is 12.6. The number of aryl methyl sites for hydroxylation is 2. The van der Waals surface area contributed by atoms with Crippen LogP contribution in [-0.2, 0) is 6.42 Å². The Bertz CT molecular complexity index is 591. The van der Waals surface area contributed by atoms with Gasteiger partial charge in [0.2, 0.25) is 0 Å². The second-order valence-corrected chi connectivity index (χ2v) is 6.39. The van der Waals surface area contributed by atoms with Gasteiger partial charge in [-0.25, -0.2) is 13.8 Å². The molecule has 2 nitrogen and oxygen atoms in total. The molecule has 0 bridgehead atoms. The van der Waals surface area contributed by atoms with Gasteiger partial charge in [0.1, 0.15) is 0 Å². The van der Waals surface area contributed by atoms with E-state index in [-0.39, 0.29) is 6.04 Å². The van der Waals surface area contributed by atoms with Gasteiger partial charge in [0, 0.05) is 22.9 Å². The Labute approximate surface area is 128 Å². The molecule has 0 aliphatic carbocycles. The van der Waals surface area contributed by atoms with Crippen molar-refractivity contribution in [1.29, 1.82) is 0 Å². The van der Waals surface area contributed by atoms with Gasteiger partial charge in [0.25, 0.3) is 0 Å². The number of hydrogen-bond donors (Lipinski definition) is 1. The Morgan fingerprint density at radius 3 is 2.67 bits per heavy atom. The topological polar surface area (TPSA) is 24.9 Å². The van der Waals surface area contributed by atoms with Crippen molar-refractivity contribution in [3.63, 3.8) is 0 Å². The zero-order valence-corrected chi connectivity index (χ0v) is 13.4. The molecule has 5 heteroatoms. The van der Waals surface area contributed by atoms with Crippen LogP contribution in [0.25, 0.3) is 0 Å². The molecular formula is C16H20F2N2S. The lowest BCUT2D eigenvalue weighted by atomic mass is 10.0. The smallest absolute Gasteiger partial charge is 0.163 e. The molecule has 1 atom stereocenters. The van der Waals surface area contributed by atoms with E-state index >= 15 is 0 Å². The summed E-state index contributed by atoms with van der Waals surface area (Å²) in [5.41, 5.74) is 1.37. The predicted molar refractivity (Wildman–Crippen MR) is 82.7 cm³/mol. The van der Waals surface area contributed by atoms with E-state index in [1.807, 2.05) is 20.8 Å². The van der Waals surface area contributed by atoms with Crippen LogP contribution >= 0.6 is 11.3 Å². The minimum atomic E-state index is -0.803. The van der Waals surface area contributed by atoms with Crippen LogP contribution in [0.3, 0.4) is 0 Å². The number of rotatable bonds is 6. The van der Waals surface area contributed by atoms with E-state index in [0.717, 1.165) is 29.7 Å². The molecule has 1 unspecified atom stereocenters. The molecule has 0 saturated heterocycles. The molecule has 0 saturated carbocycles. The number of benzene rings is 1. The molecule has 1 N–H and O–H groups in total. The van der Waals surface area contributed by atoms with Crippen LogP contribution in [0, 0.1) is 25.5 Å². The third-order valence-corrected chi connectivity index (χ3v) is 4.54. The van der Waals surface area contributed by atoms with Gasteiger partial charge in [-0.2, -0.15) is 0 Å². The summed E-state index contributed by atoms with van der Waals surface area (Å²) >= 11 is 1.61. The Morgan fingerprint density at radius 1 is 1.29 bits per heavy atom. The molecule has 2 aromatic rings. The number of hydrogen-bond acceptors (Lipinski definition) is 3. The summed E-state index contributed by atoms with van der Waals surface area (Å²) in [6.07, 6.45) is 1.50. The van der Waals surface area contributed by atoms with E-state index in [1.54, 1.807) is 23.5 Å². The van der Waals surface area contributed by atoms with Crippen molar-refractivity contribution in [2.75, 3.05) is 6.54 Å². The van der Waals surface area contributed by atoms with E-state index in [2.05, 4.69) is 10.3 Å². The number of aromatic nitrogens is 1. The molecule has 0 aliphatic rings. The minimum Gasteiger partial charge on any atom is -0.309 e. The summed E-state index contributed by atoms with van der Waals surface area (Å²) in [6, 6.07) is 4.07. The Kier molecular flexibility index (Phi) is 5.42. The second-order valence-electron chi connectivity index (χ2n) is 5.10. The molecule has 2 rings (SSSR count). The molecular weight excluding hydrogens is 290 g/mol. The SMILES string of the molecule is CCCNC(Cc1nc(C)c(C)s1)c1cccc(F)c1F. The fourth-order valence-corrected chi connectivity index (χ4v) is 3.18. The first kappa shape index (κ1) is 16.0. The van der Waals surface area contributed by atoms with Gasteiger partial charge in [-0.3, -0.25) is 0 Å². The van der Waals surface area contributed by atoms with E-state index in [4.69, 9.17) is 0 Å². The summed E-state index contributed by atoms with van der Waals surface area (Å²) in [7, 11) is 0. The number of halogens is 2. The van der Waals surface area contributed by atoms with Crippen molar-refractivity contribution < 1.29 is 8.78 Å². The zero-order chi connectivity index (χ0) is 15.4. The molecule has 1 aromatic heterocycles. The summed E-state index contributed by atoms with van der Waals surface area (Å²) < 4.78 is 27.5. The molecule has 1 aromatic carbocycles. The van der Waals surface area contributed by atoms with Gasteiger partial charge < -0.3 is 5.32 Å². The highest BCUT2D eigenvalue weighted by molar-refractivity contribution is 7.11. The van der Waals surface area contributed by atoms with Crippen molar-refractivity contribution in [1.82, 2.24) is 10.3 Å². The molecule has 0 fully saturated rings. The molecule has 0 amide bonds. The van der Waals surface area contributed by atoms with Crippen molar-refractivity contribution in [2.45, 2.75) is 39.7 Å². The van der Waals surface area contributed by atoms with Crippen LogP contribution in [0.1, 0.15) is 40.5 Å². The van der Waals surface area contributed by atoms with Crippen LogP contribution in [-0.4, -0.2) is 11.5 Å². The third kappa shape index (κ3) is 3.86. The molecule has 0 aliphatic heterocycles. The van der Waals surface area contributed by atoms with Gasteiger partial charge >= 0.3 is 0 Å². The summed E-state index contributed by atoms with van der Waals surface area (Å²) in [5, 5.41) is 4.24. The average Bonchev–Trinajstić information content (AvgIpc) is 2.76. The largest absolute Gasteiger partial charge is 0.309 e. The standard InChI is InChI=1S/C16H20F2N2S/c1-4-8-19-14(9-15-20-10(2)11(3)21-15)12-6-5-7-13(17)16(12)18/h5-7,14,19H,4,8-9H2,1-3H3. The van der Waals surface area contributed by atoms with Crippen molar-refractivity contribution in [3.8, 4) is 0 Å². The van der Waals surface area contributed by atoms with Gasteiger partial charge in [0.15, 0.2) is 11.6 Å². The summed E-state index contributed by atoms with van der Waals surface area (Å²) in [6.45, 7) is 6.79. The van der Waals surface area contributed by atoms with E-state index in [9.17, 15) is 8.78 Å². The van der Waals surface area contributed by atoms with Crippen molar-refractivity contribution >= 4 is 11.3 Å². The zero-order valence-electron chi connectivity index (χ0n) is 12.5.